The van der Waals surface area contributed by atoms with Gasteiger partial charge in [0.05, 0.1) is 39.0 Å². The van der Waals surface area contributed by atoms with Crippen LogP contribution in [0.4, 0.5) is 5.69 Å². The van der Waals surface area contributed by atoms with Crippen molar-refractivity contribution in [1.82, 2.24) is 0 Å². The number of carbonyl (C=O) groups excluding carboxylic acids is 1. The number of hydrogen-bond acceptors (Lipinski definition) is 7. The molecule has 0 aliphatic rings. The van der Waals surface area contributed by atoms with E-state index in [1.807, 2.05) is 24.3 Å². The molecule has 3 aromatic rings. The largest absolute Gasteiger partial charge is 0.497 e. The molecule has 0 aliphatic carbocycles. The summed E-state index contributed by atoms with van der Waals surface area (Å²) in [5.74, 6) is 1.81. The standard InChI is InChI=1S/C21H21NO5S/c1-24-14-7-5-12(6-8-14)18-11-15(22)21(28-18)19(23)13-9-16(25-2)20(27-4)17(10-13)26-3/h5-11H,22H2,1-4H3. The summed E-state index contributed by atoms with van der Waals surface area (Å²) in [5, 5.41) is 0. The molecule has 28 heavy (non-hydrogen) atoms. The summed E-state index contributed by atoms with van der Waals surface area (Å²) in [5.41, 5.74) is 7.94. The number of anilines is 1. The molecule has 2 aromatic carbocycles. The van der Waals surface area contributed by atoms with Crippen LogP contribution in [0.3, 0.4) is 0 Å². The molecule has 0 spiro atoms. The molecule has 0 bridgehead atoms. The molecule has 2 N–H and O–H groups in total. The Kier molecular flexibility index (Phi) is 5.75. The maximum absolute atomic E-state index is 13.1. The zero-order valence-electron chi connectivity index (χ0n) is 16.1. The van der Waals surface area contributed by atoms with E-state index in [4.69, 9.17) is 24.7 Å². The maximum Gasteiger partial charge on any atom is 0.205 e. The zero-order valence-corrected chi connectivity index (χ0v) is 16.9. The number of rotatable bonds is 7. The molecule has 6 nitrogen and oxygen atoms in total. The topological polar surface area (TPSA) is 80.0 Å². The summed E-state index contributed by atoms with van der Waals surface area (Å²) in [6, 6.07) is 12.6. The predicted octanol–water partition coefficient (Wildman–Crippen LogP) is 4.26. The van der Waals surface area contributed by atoms with Crippen LogP contribution in [0.15, 0.2) is 42.5 Å². The fourth-order valence-corrected chi connectivity index (χ4v) is 3.87. The molecule has 0 saturated heterocycles. The van der Waals surface area contributed by atoms with Gasteiger partial charge in [0.25, 0.3) is 0 Å². The van der Waals surface area contributed by atoms with E-state index in [1.165, 1.54) is 32.7 Å². The van der Waals surface area contributed by atoms with Crippen molar-refractivity contribution in [1.29, 1.82) is 0 Å². The molecule has 0 radical (unpaired) electrons. The Bertz CT molecular complexity index is 970. The minimum Gasteiger partial charge on any atom is -0.497 e. The quantitative estimate of drug-likeness (QED) is 0.598. The third-order valence-corrected chi connectivity index (χ3v) is 5.47. The van der Waals surface area contributed by atoms with E-state index in [-0.39, 0.29) is 5.78 Å². The Morgan fingerprint density at radius 1 is 0.857 bits per heavy atom. The molecule has 0 fully saturated rings. The Hall–Kier alpha value is -3.19. The third-order valence-electron chi connectivity index (χ3n) is 4.27. The Morgan fingerprint density at radius 2 is 1.46 bits per heavy atom. The second kappa shape index (κ2) is 8.22. The minimum absolute atomic E-state index is 0.207. The fraction of sp³-hybridized carbons (Fsp3) is 0.190. The number of thiophene rings is 1. The van der Waals surface area contributed by atoms with Crippen LogP contribution < -0.4 is 24.7 Å². The van der Waals surface area contributed by atoms with Gasteiger partial charge in [0, 0.05) is 10.4 Å². The average Bonchev–Trinajstić information content (AvgIpc) is 3.13. The molecular formula is C21H21NO5S. The molecule has 146 valence electrons. The Morgan fingerprint density at radius 3 is 1.96 bits per heavy atom. The number of carbonyl (C=O) groups is 1. The van der Waals surface area contributed by atoms with E-state index in [2.05, 4.69) is 0 Å². The summed E-state index contributed by atoms with van der Waals surface area (Å²) >= 11 is 1.34. The predicted molar refractivity (Wildman–Crippen MR) is 110 cm³/mol. The summed E-state index contributed by atoms with van der Waals surface area (Å²) in [7, 11) is 6.15. The lowest BCUT2D eigenvalue weighted by atomic mass is 10.1. The molecule has 0 unspecified atom stereocenters. The number of hydrogen-bond donors (Lipinski definition) is 1. The lowest BCUT2D eigenvalue weighted by Crippen LogP contribution is -2.04. The number of ketones is 1. The van der Waals surface area contributed by atoms with Crippen molar-refractivity contribution in [3.63, 3.8) is 0 Å². The van der Waals surface area contributed by atoms with E-state index in [0.29, 0.717) is 33.4 Å². The summed E-state index contributed by atoms with van der Waals surface area (Å²) in [6.07, 6.45) is 0. The SMILES string of the molecule is COc1ccc(-c2cc(N)c(C(=O)c3cc(OC)c(OC)c(OC)c3)s2)cc1. The number of methoxy groups -OCH3 is 4. The van der Waals surface area contributed by atoms with Crippen molar-refractivity contribution in [3.05, 3.63) is 52.9 Å². The highest BCUT2D eigenvalue weighted by Gasteiger charge is 2.21. The Labute approximate surface area is 167 Å². The van der Waals surface area contributed by atoms with Gasteiger partial charge in [-0.15, -0.1) is 11.3 Å². The van der Waals surface area contributed by atoms with E-state index < -0.39 is 0 Å². The van der Waals surface area contributed by atoms with Crippen LogP contribution in [-0.4, -0.2) is 34.2 Å². The molecule has 7 heteroatoms. The van der Waals surface area contributed by atoms with Crippen LogP contribution in [0.2, 0.25) is 0 Å². The van der Waals surface area contributed by atoms with E-state index in [0.717, 1.165) is 16.2 Å². The van der Waals surface area contributed by atoms with Crippen LogP contribution in [-0.2, 0) is 0 Å². The first kappa shape index (κ1) is 19.6. The van der Waals surface area contributed by atoms with Gasteiger partial charge in [-0.05, 0) is 48.0 Å². The normalized spacial score (nSPS) is 10.4. The molecule has 1 heterocycles. The summed E-state index contributed by atoms with van der Waals surface area (Å²) in [6.45, 7) is 0. The van der Waals surface area contributed by atoms with Gasteiger partial charge in [0.15, 0.2) is 11.5 Å². The lowest BCUT2D eigenvalue weighted by molar-refractivity contribution is 0.104. The van der Waals surface area contributed by atoms with Crippen LogP contribution >= 0.6 is 11.3 Å². The number of nitrogens with two attached hydrogens (primary N) is 1. The van der Waals surface area contributed by atoms with Gasteiger partial charge in [-0.25, -0.2) is 0 Å². The van der Waals surface area contributed by atoms with Gasteiger partial charge < -0.3 is 24.7 Å². The smallest absolute Gasteiger partial charge is 0.205 e. The second-order valence-electron chi connectivity index (χ2n) is 5.87. The van der Waals surface area contributed by atoms with Gasteiger partial charge in [-0.2, -0.15) is 0 Å². The van der Waals surface area contributed by atoms with Crippen LogP contribution in [0.25, 0.3) is 10.4 Å². The second-order valence-corrected chi connectivity index (χ2v) is 6.92. The Balaban J connectivity index is 2.00. The highest BCUT2D eigenvalue weighted by atomic mass is 32.1. The highest BCUT2D eigenvalue weighted by Crippen LogP contribution is 2.40. The van der Waals surface area contributed by atoms with Gasteiger partial charge in [0.1, 0.15) is 5.75 Å². The van der Waals surface area contributed by atoms with Crippen molar-refractivity contribution in [2.75, 3.05) is 34.2 Å². The maximum atomic E-state index is 13.1. The van der Waals surface area contributed by atoms with Crippen molar-refractivity contribution >= 4 is 22.8 Å². The third kappa shape index (κ3) is 3.61. The molecule has 0 aliphatic heterocycles. The number of ether oxygens (including phenoxy) is 4. The minimum atomic E-state index is -0.207. The molecule has 0 atom stereocenters. The van der Waals surface area contributed by atoms with Crippen molar-refractivity contribution in [2.24, 2.45) is 0 Å². The first-order valence-corrected chi connectivity index (χ1v) is 9.22. The van der Waals surface area contributed by atoms with Crippen LogP contribution in [0.5, 0.6) is 23.0 Å². The monoisotopic (exact) mass is 399 g/mol. The molecule has 1 aromatic heterocycles. The van der Waals surface area contributed by atoms with Crippen LogP contribution in [0, 0.1) is 0 Å². The highest BCUT2D eigenvalue weighted by molar-refractivity contribution is 7.18. The van der Waals surface area contributed by atoms with Crippen molar-refractivity contribution in [3.8, 4) is 33.4 Å². The zero-order chi connectivity index (χ0) is 20.3. The van der Waals surface area contributed by atoms with Gasteiger partial charge >= 0.3 is 0 Å². The van der Waals surface area contributed by atoms with E-state index >= 15 is 0 Å². The molecule has 0 amide bonds. The number of benzene rings is 2. The first-order chi connectivity index (χ1) is 13.5. The molecule has 3 rings (SSSR count). The van der Waals surface area contributed by atoms with Crippen LogP contribution in [0.1, 0.15) is 15.2 Å². The van der Waals surface area contributed by atoms with E-state index in [1.54, 1.807) is 25.3 Å². The first-order valence-electron chi connectivity index (χ1n) is 8.40. The fourth-order valence-electron chi connectivity index (χ4n) is 2.82. The van der Waals surface area contributed by atoms with Crippen molar-refractivity contribution in [2.45, 2.75) is 0 Å². The van der Waals surface area contributed by atoms with Crippen molar-refractivity contribution < 1.29 is 23.7 Å². The van der Waals surface area contributed by atoms with E-state index in [9.17, 15) is 4.79 Å². The van der Waals surface area contributed by atoms with Gasteiger partial charge in [-0.1, -0.05) is 0 Å². The molecular weight excluding hydrogens is 378 g/mol. The number of nitrogen functional groups attached to an aromatic ring is 1. The van der Waals surface area contributed by atoms with Gasteiger partial charge in [-0.3, -0.25) is 4.79 Å². The summed E-state index contributed by atoms with van der Waals surface area (Å²) in [4.78, 5) is 14.5. The average molecular weight is 399 g/mol. The summed E-state index contributed by atoms with van der Waals surface area (Å²) < 4.78 is 21.2. The lowest BCUT2D eigenvalue weighted by Gasteiger charge is -2.13. The van der Waals surface area contributed by atoms with Gasteiger partial charge in [0.2, 0.25) is 11.5 Å². The molecule has 0 saturated carbocycles.